The number of nitrogens with one attached hydrogen (secondary N) is 2. The number of fused-ring (bicyclic) bond motifs is 1. The first-order chi connectivity index (χ1) is 19.2. The molecule has 4 aromatic rings. The van der Waals surface area contributed by atoms with Crippen LogP contribution in [-0.2, 0) is 17.8 Å². The van der Waals surface area contributed by atoms with Crippen LogP contribution >= 0.6 is 0 Å². The van der Waals surface area contributed by atoms with E-state index >= 15 is 0 Å². The first-order valence-corrected chi connectivity index (χ1v) is 13.7. The van der Waals surface area contributed by atoms with E-state index in [1.165, 1.54) is 0 Å². The number of hydrogen-bond donors (Lipinski definition) is 4. The smallest absolute Gasteiger partial charge is 0.303 e. The molecule has 1 amide bonds. The molecular formula is C30H36N6O4. The van der Waals surface area contributed by atoms with Gasteiger partial charge in [0.05, 0.1) is 12.6 Å². The van der Waals surface area contributed by atoms with Crippen molar-refractivity contribution in [2.45, 2.75) is 70.7 Å². The predicted molar refractivity (Wildman–Crippen MR) is 153 cm³/mol. The van der Waals surface area contributed by atoms with E-state index in [4.69, 9.17) is 5.11 Å². The van der Waals surface area contributed by atoms with Crippen LogP contribution in [0.3, 0.4) is 0 Å². The highest BCUT2D eigenvalue weighted by atomic mass is 16.4. The van der Waals surface area contributed by atoms with Crippen LogP contribution in [0.4, 0.5) is 5.69 Å². The monoisotopic (exact) mass is 544 g/mol. The molecule has 4 N–H and O–H groups in total. The Kier molecular flexibility index (Phi) is 7.88. The molecule has 0 aliphatic heterocycles. The Morgan fingerprint density at radius 2 is 1.98 bits per heavy atom. The zero-order chi connectivity index (χ0) is 28.4. The van der Waals surface area contributed by atoms with Crippen molar-refractivity contribution in [2.24, 2.45) is 0 Å². The molecule has 2 atom stereocenters. The molecule has 1 aliphatic carbocycles. The van der Waals surface area contributed by atoms with E-state index in [0.29, 0.717) is 30.9 Å². The number of carboxylic acid groups (broad SMARTS) is 1. The lowest BCUT2D eigenvalue weighted by Crippen LogP contribution is -2.29. The molecule has 0 bridgehead atoms. The second kappa shape index (κ2) is 11.5. The van der Waals surface area contributed by atoms with Crippen LogP contribution in [0, 0.1) is 6.92 Å². The summed E-state index contributed by atoms with van der Waals surface area (Å²) in [6.07, 6.45) is 6.19. The molecule has 2 unspecified atom stereocenters. The van der Waals surface area contributed by atoms with Gasteiger partial charge in [0, 0.05) is 47.7 Å². The molecular weight excluding hydrogens is 508 g/mol. The summed E-state index contributed by atoms with van der Waals surface area (Å²) in [5.74, 6) is 0.371. The Bertz CT molecular complexity index is 1540. The van der Waals surface area contributed by atoms with Crippen LogP contribution in [0.15, 0.2) is 48.9 Å². The Morgan fingerprint density at radius 1 is 1.18 bits per heavy atom. The molecule has 1 aliphatic rings. The van der Waals surface area contributed by atoms with Gasteiger partial charge in [-0.25, -0.2) is 9.67 Å². The van der Waals surface area contributed by atoms with Crippen molar-refractivity contribution in [3.63, 3.8) is 0 Å². The number of benzene rings is 2. The zero-order valence-electron chi connectivity index (χ0n) is 23.1. The highest BCUT2D eigenvalue weighted by Crippen LogP contribution is 2.37. The third-order valence-corrected chi connectivity index (χ3v) is 7.57. The van der Waals surface area contributed by atoms with Crippen molar-refractivity contribution in [1.29, 1.82) is 0 Å². The molecule has 2 heterocycles. The van der Waals surface area contributed by atoms with Gasteiger partial charge in [0.2, 0.25) is 0 Å². The van der Waals surface area contributed by atoms with Gasteiger partial charge in [-0.2, -0.15) is 5.10 Å². The summed E-state index contributed by atoms with van der Waals surface area (Å²) in [5.41, 5.74) is 5.14. The summed E-state index contributed by atoms with van der Waals surface area (Å²) < 4.78 is 3.81. The summed E-state index contributed by atoms with van der Waals surface area (Å²) in [4.78, 5) is 27.8. The number of aryl methyl sites for hydroxylation is 2. The second-order valence-electron chi connectivity index (χ2n) is 10.7. The van der Waals surface area contributed by atoms with E-state index in [9.17, 15) is 14.7 Å². The summed E-state index contributed by atoms with van der Waals surface area (Å²) in [7, 11) is 1.60. The summed E-state index contributed by atoms with van der Waals surface area (Å²) in [5, 5.41) is 32.1. The molecule has 10 nitrogen and oxygen atoms in total. The summed E-state index contributed by atoms with van der Waals surface area (Å²) in [6, 6.07) is 11.2. The molecule has 1 fully saturated rings. The number of aliphatic carboxylic acids is 1. The Morgan fingerprint density at radius 3 is 2.70 bits per heavy atom. The number of carboxylic acids is 1. The number of aliphatic hydroxyl groups is 1. The van der Waals surface area contributed by atoms with Gasteiger partial charge in [-0.3, -0.25) is 9.59 Å². The lowest BCUT2D eigenvalue weighted by Gasteiger charge is -2.25. The number of aliphatic hydroxyl groups excluding tert-OH is 1. The largest absolute Gasteiger partial charge is 0.481 e. The van der Waals surface area contributed by atoms with Gasteiger partial charge in [-0.1, -0.05) is 18.2 Å². The maximum absolute atomic E-state index is 12.3. The van der Waals surface area contributed by atoms with Gasteiger partial charge in [0.1, 0.15) is 12.6 Å². The van der Waals surface area contributed by atoms with Gasteiger partial charge >= 0.3 is 5.97 Å². The molecule has 0 saturated heterocycles. The highest BCUT2D eigenvalue weighted by Gasteiger charge is 2.27. The van der Waals surface area contributed by atoms with Gasteiger partial charge < -0.3 is 25.4 Å². The predicted octanol–water partition coefficient (Wildman–Crippen LogP) is 4.23. The van der Waals surface area contributed by atoms with E-state index in [0.717, 1.165) is 51.9 Å². The van der Waals surface area contributed by atoms with E-state index in [1.54, 1.807) is 19.4 Å². The fourth-order valence-electron chi connectivity index (χ4n) is 5.09. The SMILES string of the molecule is CNC(=O)c1ccc2c(C)cn(C(C)C(O)Nc3cc(Cn4cnc(C5CC5)n4)ccc3CCCC(=O)O)c2c1. The lowest BCUT2D eigenvalue weighted by molar-refractivity contribution is -0.137. The van der Waals surface area contributed by atoms with Gasteiger partial charge in [-0.15, -0.1) is 0 Å². The minimum atomic E-state index is -0.958. The average molecular weight is 545 g/mol. The molecule has 0 spiro atoms. The molecule has 10 heteroatoms. The Labute approximate surface area is 233 Å². The zero-order valence-corrected chi connectivity index (χ0v) is 23.1. The third-order valence-electron chi connectivity index (χ3n) is 7.57. The van der Waals surface area contributed by atoms with Crippen LogP contribution in [0.2, 0.25) is 0 Å². The first kappa shape index (κ1) is 27.4. The average Bonchev–Trinajstić information content (AvgIpc) is 3.60. The molecule has 40 heavy (non-hydrogen) atoms. The molecule has 2 aromatic heterocycles. The molecule has 1 saturated carbocycles. The normalized spacial score (nSPS) is 14.7. The summed E-state index contributed by atoms with van der Waals surface area (Å²) >= 11 is 0. The Hall–Kier alpha value is -4.18. The number of nitrogens with zero attached hydrogens (tertiary/aromatic N) is 4. The number of hydrogen-bond acceptors (Lipinski definition) is 6. The van der Waals surface area contributed by atoms with Crippen LogP contribution in [0.25, 0.3) is 10.9 Å². The van der Waals surface area contributed by atoms with Crippen LogP contribution in [0.1, 0.15) is 77.4 Å². The van der Waals surface area contributed by atoms with Crippen LogP contribution in [-0.4, -0.2) is 54.7 Å². The maximum atomic E-state index is 12.3. The minimum Gasteiger partial charge on any atom is -0.481 e. The molecule has 0 radical (unpaired) electrons. The van der Waals surface area contributed by atoms with Crippen molar-refractivity contribution in [1.82, 2.24) is 24.6 Å². The van der Waals surface area contributed by atoms with E-state index < -0.39 is 12.2 Å². The van der Waals surface area contributed by atoms with Crippen molar-refractivity contribution in [2.75, 3.05) is 12.4 Å². The lowest BCUT2D eigenvalue weighted by atomic mass is 10.0. The van der Waals surface area contributed by atoms with E-state index in [1.807, 2.05) is 59.6 Å². The standard InChI is InChI=1S/C30H36N6O4/c1-18-15-36(26-14-23(30(40)31-3)11-12-24(18)26)19(2)29(39)33-25-13-20(7-8-21(25)5-4-6-27(37)38)16-35-17-32-28(34-35)22-9-10-22/h7-8,11-15,17,19,22,29,33,39H,4-6,9-10,16H2,1-3H3,(H,31,40)(H,37,38). The van der Waals surface area contributed by atoms with Gasteiger partial charge in [0.15, 0.2) is 5.82 Å². The third kappa shape index (κ3) is 6.02. The number of aromatic nitrogens is 4. The van der Waals surface area contributed by atoms with E-state index in [2.05, 4.69) is 20.7 Å². The second-order valence-corrected chi connectivity index (χ2v) is 10.7. The van der Waals surface area contributed by atoms with E-state index in [-0.39, 0.29) is 18.4 Å². The maximum Gasteiger partial charge on any atom is 0.303 e. The molecule has 210 valence electrons. The van der Waals surface area contributed by atoms with Crippen molar-refractivity contribution < 1.29 is 19.8 Å². The molecule has 2 aromatic carbocycles. The van der Waals surface area contributed by atoms with Gasteiger partial charge in [-0.05, 0) is 74.4 Å². The van der Waals surface area contributed by atoms with Crippen LogP contribution < -0.4 is 10.6 Å². The van der Waals surface area contributed by atoms with Crippen molar-refractivity contribution in [3.05, 3.63) is 77.0 Å². The Balaban J connectivity index is 1.40. The fraction of sp³-hybridized carbons (Fsp3) is 0.400. The van der Waals surface area contributed by atoms with Crippen molar-refractivity contribution in [3.8, 4) is 0 Å². The summed E-state index contributed by atoms with van der Waals surface area (Å²) in [6.45, 7) is 4.47. The minimum absolute atomic E-state index is 0.0748. The van der Waals surface area contributed by atoms with Crippen molar-refractivity contribution >= 4 is 28.5 Å². The number of carbonyl (C=O) groups is 2. The topological polar surface area (TPSA) is 134 Å². The number of amides is 1. The van der Waals surface area contributed by atoms with Gasteiger partial charge in [0.25, 0.3) is 5.91 Å². The number of rotatable bonds is 12. The number of carbonyl (C=O) groups excluding carboxylic acids is 1. The number of anilines is 1. The first-order valence-electron chi connectivity index (χ1n) is 13.7. The quantitative estimate of drug-likeness (QED) is 0.196. The van der Waals surface area contributed by atoms with Crippen LogP contribution in [0.5, 0.6) is 0 Å². The highest BCUT2D eigenvalue weighted by molar-refractivity contribution is 5.98. The molecule has 5 rings (SSSR count). The fourth-order valence-corrected chi connectivity index (χ4v) is 5.09.